The Morgan fingerprint density at radius 3 is 2.93 bits per heavy atom. The van der Waals surface area contributed by atoms with E-state index in [1.807, 2.05) is 6.92 Å². The van der Waals surface area contributed by atoms with Crippen LogP contribution in [0.25, 0.3) is 0 Å². The van der Waals surface area contributed by atoms with E-state index in [1.165, 1.54) is 4.90 Å². The number of rotatable bonds is 4. The quantitative estimate of drug-likeness (QED) is 0.614. The van der Waals surface area contributed by atoms with Crippen molar-refractivity contribution in [2.75, 3.05) is 19.6 Å². The van der Waals surface area contributed by atoms with E-state index >= 15 is 0 Å². The highest BCUT2D eigenvalue weighted by Gasteiger charge is 2.29. The van der Waals surface area contributed by atoms with Crippen LogP contribution in [-0.4, -0.2) is 42.4 Å². The summed E-state index contributed by atoms with van der Waals surface area (Å²) in [6.07, 6.45) is 1.55. The van der Waals surface area contributed by atoms with Crippen LogP contribution in [0.15, 0.2) is 0 Å². The fourth-order valence-corrected chi connectivity index (χ4v) is 1.41. The number of carbonyl (C=O) groups is 2. The largest absolute Gasteiger partial charge is 0.355 e. The van der Waals surface area contributed by atoms with Gasteiger partial charge >= 0.3 is 0 Å². The van der Waals surface area contributed by atoms with Gasteiger partial charge in [0.2, 0.25) is 11.8 Å². The molecular formula is C9H17N3O2. The Bertz CT molecular complexity index is 230. The van der Waals surface area contributed by atoms with Crippen LogP contribution in [0, 0.1) is 0 Å². The summed E-state index contributed by atoms with van der Waals surface area (Å²) in [7, 11) is 0. The Hall–Kier alpha value is -1.10. The van der Waals surface area contributed by atoms with E-state index in [2.05, 4.69) is 5.32 Å². The summed E-state index contributed by atoms with van der Waals surface area (Å²) in [4.78, 5) is 24.1. The van der Waals surface area contributed by atoms with E-state index in [-0.39, 0.29) is 18.4 Å². The second-order valence-corrected chi connectivity index (χ2v) is 3.50. The lowest BCUT2D eigenvalue weighted by Gasteiger charge is -2.15. The van der Waals surface area contributed by atoms with Crippen molar-refractivity contribution < 1.29 is 9.59 Å². The van der Waals surface area contributed by atoms with Crippen LogP contribution in [0.5, 0.6) is 0 Å². The molecule has 1 rings (SSSR count). The van der Waals surface area contributed by atoms with Crippen LogP contribution in [0.1, 0.15) is 19.8 Å². The molecule has 0 saturated carbocycles. The standard InChI is InChI=1S/C9H17N3O2/c1-2-4-11-8(13)6-12-5-3-7(10)9(12)14/h7H,2-6,10H2,1H3,(H,11,13). The minimum absolute atomic E-state index is 0.102. The van der Waals surface area contributed by atoms with Gasteiger partial charge in [0.05, 0.1) is 12.6 Å². The number of nitrogens with one attached hydrogen (secondary N) is 1. The van der Waals surface area contributed by atoms with Gasteiger partial charge in [-0.2, -0.15) is 0 Å². The van der Waals surface area contributed by atoms with Crippen molar-refractivity contribution in [1.82, 2.24) is 10.2 Å². The molecule has 5 nitrogen and oxygen atoms in total. The van der Waals surface area contributed by atoms with Gasteiger partial charge in [-0.3, -0.25) is 9.59 Å². The zero-order valence-electron chi connectivity index (χ0n) is 8.45. The molecule has 0 radical (unpaired) electrons. The van der Waals surface area contributed by atoms with Crippen LogP contribution in [0.4, 0.5) is 0 Å². The van der Waals surface area contributed by atoms with Crippen molar-refractivity contribution in [1.29, 1.82) is 0 Å². The van der Waals surface area contributed by atoms with Gasteiger partial charge in [-0.05, 0) is 12.8 Å². The van der Waals surface area contributed by atoms with E-state index < -0.39 is 6.04 Å². The molecule has 80 valence electrons. The predicted octanol–water partition coefficient (Wildman–Crippen LogP) is -0.928. The fourth-order valence-electron chi connectivity index (χ4n) is 1.41. The van der Waals surface area contributed by atoms with E-state index in [0.29, 0.717) is 19.5 Å². The van der Waals surface area contributed by atoms with E-state index in [0.717, 1.165) is 6.42 Å². The summed E-state index contributed by atoms with van der Waals surface area (Å²) in [5, 5.41) is 2.72. The summed E-state index contributed by atoms with van der Waals surface area (Å²) in [6, 6.07) is -0.408. The second-order valence-electron chi connectivity index (χ2n) is 3.50. The lowest BCUT2D eigenvalue weighted by atomic mass is 10.3. The molecular weight excluding hydrogens is 182 g/mol. The zero-order chi connectivity index (χ0) is 10.6. The number of hydrogen-bond donors (Lipinski definition) is 2. The fraction of sp³-hybridized carbons (Fsp3) is 0.778. The average Bonchev–Trinajstić information content (AvgIpc) is 2.46. The first-order valence-corrected chi connectivity index (χ1v) is 4.96. The van der Waals surface area contributed by atoms with Gasteiger partial charge in [0.15, 0.2) is 0 Å². The Morgan fingerprint density at radius 1 is 1.71 bits per heavy atom. The molecule has 14 heavy (non-hydrogen) atoms. The highest BCUT2D eigenvalue weighted by atomic mass is 16.2. The highest BCUT2D eigenvalue weighted by molar-refractivity contribution is 5.88. The van der Waals surface area contributed by atoms with Crippen molar-refractivity contribution in [3.05, 3.63) is 0 Å². The molecule has 0 aromatic carbocycles. The Morgan fingerprint density at radius 2 is 2.43 bits per heavy atom. The number of carbonyl (C=O) groups excluding carboxylic acids is 2. The molecule has 5 heteroatoms. The molecule has 1 saturated heterocycles. The number of likely N-dealkylation sites (tertiary alicyclic amines) is 1. The van der Waals surface area contributed by atoms with Gasteiger partial charge in [-0.1, -0.05) is 6.92 Å². The number of nitrogens with two attached hydrogens (primary N) is 1. The summed E-state index contributed by atoms with van der Waals surface area (Å²) in [5.74, 6) is -0.217. The molecule has 1 aliphatic heterocycles. The lowest BCUT2D eigenvalue weighted by molar-refractivity contribution is -0.133. The first kappa shape index (κ1) is 11.0. The summed E-state index contributed by atoms with van der Waals surface area (Å²) in [6.45, 7) is 3.39. The third kappa shape index (κ3) is 2.70. The molecule has 1 heterocycles. The van der Waals surface area contributed by atoms with Crippen molar-refractivity contribution >= 4 is 11.8 Å². The van der Waals surface area contributed by atoms with Crippen molar-refractivity contribution in [2.24, 2.45) is 5.73 Å². The predicted molar refractivity (Wildman–Crippen MR) is 52.5 cm³/mol. The minimum Gasteiger partial charge on any atom is -0.355 e. The van der Waals surface area contributed by atoms with Crippen LogP contribution >= 0.6 is 0 Å². The maximum Gasteiger partial charge on any atom is 0.240 e. The molecule has 0 aliphatic carbocycles. The molecule has 1 unspecified atom stereocenters. The van der Waals surface area contributed by atoms with E-state index in [9.17, 15) is 9.59 Å². The number of nitrogens with zero attached hydrogens (tertiary/aromatic N) is 1. The zero-order valence-corrected chi connectivity index (χ0v) is 8.45. The first-order valence-electron chi connectivity index (χ1n) is 4.96. The highest BCUT2D eigenvalue weighted by Crippen LogP contribution is 2.07. The Labute approximate surface area is 83.6 Å². The monoisotopic (exact) mass is 199 g/mol. The number of hydrogen-bond acceptors (Lipinski definition) is 3. The van der Waals surface area contributed by atoms with Crippen molar-refractivity contribution in [3.8, 4) is 0 Å². The normalized spacial score (nSPS) is 21.4. The average molecular weight is 199 g/mol. The maximum absolute atomic E-state index is 11.3. The molecule has 1 aliphatic rings. The van der Waals surface area contributed by atoms with Gasteiger partial charge in [-0.15, -0.1) is 0 Å². The molecule has 0 aromatic rings. The molecule has 2 amide bonds. The molecule has 0 spiro atoms. The van der Waals surface area contributed by atoms with Crippen molar-refractivity contribution in [2.45, 2.75) is 25.8 Å². The summed E-state index contributed by atoms with van der Waals surface area (Å²) >= 11 is 0. The SMILES string of the molecule is CCCNC(=O)CN1CCC(N)C1=O. The molecule has 1 fully saturated rings. The third-order valence-corrected chi connectivity index (χ3v) is 2.25. The second kappa shape index (κ2) is 4.95. The van der Waals surface area contributed by atoms with Gasteiger partial charge in [0, 0.05) is 13.1 Å². The van der Waals surface area contributed by atoms with Crippen molar-refractivity contribution in [3.63, 3.8) is 0 Å². The van der Waals surface area contributed by atoms with Crippen LogP contribution in [-0.2, 0) is 9.59 Å². The Kier molecular flexibility index (Phi) is 3.88. The smallest absolute Gasteiger partial charge is 0.240 e. The topological polar surface area (TPSA) is 75.4 Å². The third-order valence-electron chi connectivity index (χ3n) is 2.25. The minimum atomic E-state index is -0.408. The van der Waals surface area contributed by atoms with Gasteiger partial charge in [0.25, 0.3) is 0 Å². The maximum atomic E-state index is 11.3. The van der Waals surface area contributed by atoms with Crippen LogP contribution in [0.3, 0.4) is 0 Å². The van der Waals surface area contributed by atoms with Gasteiger partial charge in [-0.25, -0.2) is 0 Å². The van der Waals surface area contributed by atoms with E-state index in [1.54, 1.807) is 0 Å². The molecule has 3 N–H and O–H groups in total. The molecule has 0 aromatic heterocycles. The summed E-state index contributed by atoms with van der Waals surface area (Å²) < 4.78 is 0. The number of amides is 2. The molecule has 1 atom stereocenters. The van der Waals surface area contributed by atoms with Crippen LogP contribution in [0.2, 0.25) is 0 Å². The molecule has 0 bridgehead atoms. The van der Waals surface area contributed by atoms with Gasteiger partial charge in [0.1, 0.15) is 0 Å². The lowest BCUT2D eigenvalue weighted by Crippen LogP contribution is -2.41. The first-order chi connectivity index (χ1) is 6.65. The van der Waals surface area contributed by atoms with Crippen LogP contribution < -0.4 is 11.1 Å². The summed E-state index contributed by atoms with van der Waals surface area (Å²) in [5.41, 5.74) is 5.52. The van der Waals surface area contributed by atoms with E-state index in [4.69, 9.17) is 5.73 Å². The Balaban J connectivity index is 2.30. The van der Waals surface area contributed by atoms with Gasteiger partial charge < -0.3 is 16.0 Å².